The van der Waals surface area contributed by atoms with Crippen molar-refractivity contribution in [1.29, 1.82) is 0 Å². The topological polar surface area (TPSA) is 18.5 Å². The van der Waals surface area contributed by atoms with Gasteiger partial charge in [0.2, 0.25) is 0 Å². The third-order valence-electron chi connectivity index (χ3n) is 5.89. The number of hydrogen-bond donors (Lipinski definition) is 1. The molecule has 3 nitrogen and oxygen atoms in total. The summed E-state index contributed by atoms with van der Waals surface area (Å²) < 4.78 is 0. The molecule has 1 N–H and O–H groups in total. The quantitative estimate of drug-likeness (QED) is 0.860. The second-order valence-electron chi connectivity index (χ2n) is 8.88. The summed E-state index contributed by atoms with van der Waals surface area (Å²) in [7, 11) is 0. The minimum absolute atomic E-state index is 0.250. The Morgan fingerprint density at radius 2 is 1.81 bits per heavy atom. The van der Waals surface area contributed by atoms with E-state index >= 15 is 0 Å². The average Bonchev–Trinajstić information content (AvgIpc) is 3.05. The molecule has 2 saturated heterocycles. The second-order valence-corrected chi connectivity index (χ2v) is 8.88. The van der Waals surface area contributed by atoms with Crippen LogP contribution in [-0.2, 0) is 0 Å². The molecule has 0 aromatic carbocycles. The van der Waals surface area contributed by atoms with Gasteiger partial charge in [0.05, 0.1) is 0 Å². The fourth-order valence-corrected chi connectivity index (χ4v) is 4.64. The van der Waals surface area contributed by atoms with E-state index in [1.807, 2.05) is 0 Å². The summed E-state index contributed by atoms with van der Waals surface area (Å²) in [4.78, 5) is 5.52. The lowest BCUT2D eigenvalue weighted by molar-refractivity contribution is 0.0627. The maximum absolute atomic E-state index is 3.80. The standard InChI is InChI=1S/C18H35N3/c1-17(2,3)19-14-18(8-4-5-9-18)15-20-11-12-21-10-6-7-16(21)13-20/h16,19H,4-15H2,1-3H3. The SMILES string of the molecule is CC(C)(C)NCC1(CN2CCN3CCCC3C2)CCCC1. The van der Waals surface area contributed by atoms with Gasteiger partial charge in [-0.15, -0.1) is 0 Å². The molecule has 0 bridgehead atoms. The van der Waals surface area contributed by atoms with Crippen LogP contribution in [0.15, 0.2) is 0 Å². The van der Waals surface area contributed by atoms with Gasteiger partial charge in [-0.05, 0) is 58.4 Å². The van der Waals surface area contributed by atoms with E-state index in [0.29, 0.717) is 5.41 Å². The minimum Gasteiger partial charge on any atom is -0.311 e. The van der Waals surface area contributed by atoms with Crippen LogP contribution in [0.2, 0.25) is 0 Å². The highest BCUT2D eigenvalue weighted by Crippen LogP contribution is 2.39. The van der Waals surface area contributed by atoms with Crippen LogP contribution in [0.5, 0.6) is 0 Å². The molecule has 0 aromatic heterocycles. The maximum atomic E-state index is 3.80. The lowest BCUT2D eigenvalue weighted by Gasteiger charge is -2.43. The van der Waals surface area contributed by atoms with Crippen molar-refractivity contribution in [2.24, 2.45) is 5.41 Å². The maximum Gasteiger partial charge on any atom is 0.0224 e. The normalized spacial score (nSPS) is 30.7. The molecule has 0 aromatic rings. The monoisotopic (exact) mass is 293 g/mol. The Morgan fingerprint density at radius 1 is 1.05 bits per heavy atom. The molecule has 3 heteroatoms. The van der Waals surface area contributed by atoms with Crippen LogP contribution in [0, 0.1) is 5.41 Å². The van der Waals surface area contributed by atoms with E-state index in [2.05, 4.69) is 35.9 Å². The molecular formula is C18H35N3. The van der Waals surface area contributed by atoms with Crippen LogP contribution in [0.3, 0.4) is 0 Å². The summed E-state index contributed by atoms with van der Waals surface area (Å²) in [5.74, 6) is 0. The first-order valence-corrected chi connectivity index (χ1v) is 9.17. The number of fused-ring (bicyclic) bond motifs is 1. The Labute approximate surface area is 131 Å². The Hall–Kier alpha value is -0.120. The predicted molar refractivity (Wildman–Crippen MR) is 89.7 cm³/mol. The van der Waals surface area contributed by atoms with Gasteiger partial charge >= 0.3 is 0 Å². The van der Waals surface area contributed by atoms with E-state index in [9.17, 15) is 0 Å². The molecule has 1 atom stereocenters. The van der Waals surface area contributed by atoms with Crippen molar-refractivity contribution in [1.82, 2.24) is 15.1 Å². The van der Waals surface area contributed by atoms with Gasteiger partial charge in [0.1, 0.15) is 0 Å². The highest BCUT2D eigenvalue weighted by molar-refractivity contribution is 4.94. The molecule has 2 aliphatic heterocycles. The average molecular weight is 293 g/mol. The van der Waals surface area contributed by atoms with E-state index < -0.39 is 0 Å². The van der Waals surface area contributed by atoms with Crippen molar-refractivity contribution in [3.63, 3.8) is 0 Å². The summed E-state index contributed by atoms with van der Waals surface area (Å²) in [5.41, 5.74) is 0.799. The largest absolute Gasteiger partial charge is 0.311 e. The van der Waals surface area contributed by atoms with Crippen LogP contribution < -0.4 is 5.32 Å². The van der Waals surface area contributed by atoms with Gasteiger partial charge in [-0.25, -0.2) is 0 Å². The number of piperazine rings is 1. The summed E-state index contributed by atoms with van der Waals surface area (Å²) in [6.07, 6.45) is 8.60. The van der Waals surface area contributed by atoms with Crippen LogP contribution in [0.25, 0.3) is 0 Å². The molecule has 21 heavy (non-hydrogen) atoms. The number of nitrogens with zero attached hydrogens (tertiary/aromatic N) is 2. The van der Waals surface area contributed by atoms with Crippen LogP contribution in [-0.4, -0.2) is 60.6 Å². The van der Waals surface area contributed by atoms with Crippen molar-refractivity contribution in [2.45, 2.75) is 70.9 Å². The summed E-state index contributed by atoms with van der Waals surface area (Å²) in [5, 5.41) is 3.80. The molecule has 2 heterocycles. The molecule has 0 amide bonds. The molecular weight excluding hydrogens is 258 g/mol. The molecule has 1 aliphatic carbocycles. The van der Waals surface area contributed by atoms with Gasteiger partial charge in [-0.3, -0.25) is 9.80 Å². The second kappa shape index (κ2) is 6.17. The lowest BCUT2D eigenvalue weighted by atomic mass is 9.84. The first-order chi connectivity index (χ1) is 9.96. The Balaban J connectivity index is 1.57. The zero-order valence-corrected chi connectivity index (χ0v) is 14.5. The molecule has 1 saturated carbocycles. The van der Waals surface area contributed by atoms with Gasteiger partial charge in [0, 0.05) is 44.3 Å². The third kappa shape index (κ3) is 4.00. The Morgan fingerprint density at radius 3 is 2.52 bits per heavy atom. The molecule has 3 fully saturated rings. The molecule has 3 rings (SSSR count). The summed E-state index contributed by atoms with van der Waals surface area (Å²) >= 11 is 0. The Bertz CT molecular complexity index is 341. The summed E-state index contributed by atoms with van der Waals surface area (Å²) in [6.45, 7) is 14.7. The van der Waals surface area contributed by atoms with E-state index in [1.165, 1.54) is 77.8 Å². The zero-order chi connectivity index (χ0) is 14.9. The van der Waals surface area contributed by atoms with E-state index in [4.69, 9.17) is 0 Å². The zero-order valence-electron chi connectivity index (χ0n) is 14.5. The lowest BCUT2D eigenvalue weighted by Crippen LogP contribution is -2.54. The molecule has 0 spiro atoms. The van der Waals surface area contributed by atoms with Crippen LogP contribution in [0.4, 0.5) is 0 Å². The Kier molecular flexibility index (Phi) is 4.63. The van der Waals surface area contributed by atoms with Crippen molar-refractivity contribution in [2.75, 3.05) is 39.3 Å². The number of hydrogen-bond acceptors (Lipinski definition) is 3. The van der Waals surface area contributed by atoms with Crippen molar-refractivity contribution in [3.05, 3.63) is 0 Å². The predicted octanol–water partition coefficient (Wildman–Crippen LogP) is 2.71. The number of nitrogens with one attached hydrogen (secondary N) is 1. The van der Waals surface area contributed by atoms with E-state index in [1.54, 1.807) is 0 Å². The molecule has 3 aliphatic rings. The fraction of sp³-hybridized carbons (Fsp3) is 1.00. The smallest absolute Gasteiger partial charge is 0.0224 e. The van der Waals surface area contributed by atoms with E-state index in [0.717, 1.165) is 6.04 Å². The first-order valence-electron chi connectivity index (χ1n) is 9.17. The summed E-state index contributed by atoms with van der Waals surface area (Å²) in [6, 6.07) is 0.868. The van der Waals surface area contributed by atoms with Gasteiger partial charge < -0.3 is 5.32 Å². The van der Waals surface area contributed by atoms with Crippen molar-refractivity contribution < 1.29 is 0 Å². The van der Waals surface area contributed by atoms with Crippen molar-refractivity contribution >= 4 is 0 Å². The van der Waals surface area contributed by atoms with Crippen molar-refractivity contribution in [3.8, 4) is 0 Å². The van der Waals surface area contributed by atoms with Gasteiger partial charge in [-0.1, -0.05) is 12.8 Å². The molecule has 0 radical (unpaired) electrons. The van der Waals surface area contributed by atoms with E-state index in [-0.39, 0.29) is 5.54 Å². The van der Waals surface area contributed by atoms with Gasteiger partial charge in [0.25, 0.3) is 0 Å². The highest BCUT2D eigenvalue weighted by atomic mass is 15.3. The molecule has 1 unspecified atom stereocenters. The number of rotatable bonds is 4. The molecule has 122 valence electrons. The van der Waals surface area contributed by atoms with Crippen LogP contribution >= 0.6 is 0 Å². The fourth-order valence-electron chi connectivity index (χ4n) is 4.64. The van der Waals surface area contributed by atoms with Crippen LogP contribution in [0.1, 0.15) is 59.3 Å². The van der Waals surface area contributed by atoms with Gasteiger partial charge in [-0.2, -0.15) is 0 Å². The van der Waals surface area contributed by atoms with Gasteiger partial charge in [0.15, 0.2) is 0 Å². The highest BCUT2D eigenvalue weighted by Gasteiger charge is 2.39. The first kappa shape index (κ1) is 15.8. The third-order valence-corrected chi connectivity index (χ3v) is 5.89. The minimum atomic E-state index is 0.250.